The van der Waals surface area contributed by atoms with Crippen molar-refractivity contribution in [3.8, 4) is 0 Å². The molecule has 1 rings (SSSR count). The maximum atomic E-state index is 12.1. The van der Waals surface area contributed by atoms with Gasteiger partial charge in [0.25, 0.3) is 0 Å². The maximum Gasteiger partial charge on any atom is 0.223 e. The summed E-state index contributed by atoms with van der Waals surface area (Å²) in [6.45, 7) is 7.19. The highest BCUT2D eigenvalue weighted by atomic mass is 16.3. The van der Waals surface area contributed by atoms with Crippen LogP contribution >= 0.6 is 0 Å². The van der Waals surface area contributed by atoms with E-state index in [0.29, 0.717) is 19.5 Å². The molecular formula is C15H23NO2. The first-order valence-electron chi connectivity index (χ1n) is 6.54. The SMILES string of the molecule is CCN(CCO)C(=O)CC(C)c1ccccc1C. The average Bonchev–Trinajstić information content (AvgIpc) is 2.36. The van der Waals surface area contributed by atoms with Gasteiger partial charge in [0.05, 0.1) is 6.61 Å². The van der Waals surface area contributed by atoms with Crippen molar-refractivity contribution in [2.45, 2.75) is 33.1 Å². The van der Waals surface area contributed by atoms with Gasteiger partial charge < -0.3 is 10.0 Å². The molecule has 0 aromatic heterocycles. The van der Waals surface area contributed by atoms with E-state index in [4.69, 9.17) is 5.11 Å². The molecule has 1 aromatic carbocycles. The number of rotatable bonds is 6. The second-order valence-corrected chi connectivity index (χ2v) is 4.66. The molecule has 0 aliphatic rings. The Bertz CT molecular complexity index is 390. The van der Waals surface area contributed by atoms with Crippen LogP contribution in [0.3, 0.4) is 0 Å². The summed E-state index contributed by atoms with van der Waals surface area (Å²) in [5.74, 6) is 0.328. The second kappa shape index (κ2) is 7.17. The second-order valence-electron chi connectivity index (χ2n) is 4.66. The van der Waals surface area contributed by atoms with Gasteiger partial charge in [0.15, 0.2) is 0 Å². The van der Waals surface area contributed by atoms with E-state index in [9.17, 15) is 4.79 Å². The first-order valence-corrected chi connectivity index (χ1v) is 6.54. The van der Waals surface area contributed by atoms with Crippen molar-refractivity contribution < 1.29 is 9.90 Å². The first-order chi connectivity index (χ1) is 8.60. The number of hydrogen-bond acceptors (Lipinski definition) is 2. The molecule has 1 unspecified atom stereocenters. The zero-order valence-corrected chi connectivity index (χ0v) is 11.5. The molecule has 18 heavy (non-hydrogen) atoms. The van der Waals surface area contributed by atoms with Crippen LogP contribution in [0.4, 0.5) is 0 Å². The zero-order valence-electron chi connectivity index (χ0n) is 11.5. The third-order valence-electron chi connectivity index (χ3n) is 3.30. The van der Waals surface area contributed by atoms with Crippen LogP contribution in [0.2, 0.25) is 0 Å². The quantitative estimate of drug-likeness (QED) is 0.840. The van der Waals surface area contributed by atoms with Gasteiger partial charge >= 0.3 is 0 Å². The summed E-state index contributed by atoms with van der Waals surface area (Å²) in [7, 11) is 0. The zero-order chi connectivity index (χ0) is 13.5. The molecule has 0 radical (unpaired) electrons. The molecule has 1 N–H and O–H groups in total. The Kier molecular flexibility index (Phi) is 5.86. The van der Waals surface area contributed by atoms with Crippen molar-refractivity contribution >= 4 is 5.91 Å². The minimum Gasteiger partial charge on any atom is -0.395 e. The summed E-state index contributed by atoms with van der Waals surface area (Å²) in [4.78, 5) is 13.8. The van der Waals surface area contributed by atoms with Crippen molar-refractivity contribution in [3.05, 3.63) is 35.4 Å². The molecule has 0 saturated heterocycles. The van der Waals surface area contributed by atoms with Gasteiger partial charge in [0.2, 0.25) is 5.91 Å². The third-order valence-corrected chi connectivity index (χ3v) is 3.30. The normalized spacial score (nSPS) is 12.2. The Hall–Kier alpha value is -1.35. The van der Waals surface area contributed by atoms with Crippen LogP contribution in [0, 0.1) is 6.92 Å². The third kappa shape index (κ3) is 3.84. The molecule has 0 heterocycles. The van der Waals surface area contributed by atoms with E-state index in [-0.39, 0.29) is 18.4 Å². The number of aliphatic hydroxyl groups excluding tert-OH is 1. The van der Waals surface area contributed by atoms with Crippen LogP contribution in [0.15, 0.2) is 24.3 Å². The van der Waals surface area contributed by atoms with Crippen LogP contribution in [-0.4, -0.2) is 35.6 Å². The standard InChI is InChI=1S/C15H23NO2/c1-4-16(9-10-17)15(18)11-13(3)14-8-6-5-7-12(14)2/h5-8,13,17H,4,9-11H2,1-3H3. The van der Waals surface area contributed by atoms with E-state index in [1.54, 1.807) is 4.90 Å². The highest BCUT2D eigenvalue weighted by Crippen LogP contribution is 2.23. The lowest BCUT2D eigenvalue weighted by Gasteiger charge is -2.22. The number of amides is 1. The lowest BCUT2D eigenvalue weighted by atomic mass is 9.93. The fourth-order valence-electron chi connectivity index (χ4n) is 2.22. The molecule has 0 bridgehead atoms. The monoisotopic (exact) mass is 249 g/mol. The summed E-state index contributed by atoms with van der Waals surface area (Å²) in [5, 5.41) is 8.92. The number of aryl methyl sites for hydroxylation is 1. The number of benzene rings is 1. The molecule has 0 saturated carbocycles. The van der Waals surface area contributed by atoms with Crippen LogP contribution < -0.4 is 0 Å². The van der Waals surface area contributed by atoms with E-state index in [0.717, 1.165) is 0 Å². The Morgan fingerprint density at radius 1 is 1.39 bits per heavy atom. The summed E-state index contributed by atoms with van der Waals surface area (Å²) < 4.78 is 0. The van der Waals surface area contributed by atoms with Crippen LogP contribution in [0.1, 0.15) is 37.3 Å². The molecular weight excluding hydrogens is 226 g/mol. The van der Waals surface area contributed by atoms with Crippen LogP contribution in [-0.2, 0) is 4.79 Å². The fourth-order valence-corrected chi connectivity index (χ4v) is 2.22. The molecule has 1 amide bonds. The number of aliphatic hydroxyl groups is 1. The highest BCUT2D eigenvalue weighted by molar-refractivity contribution is 5.77. The molecule has 0 aliphatic carbocycles. The smallest absolute Gasteiger partial charge is 0.223 e. The minimum atomic E-state index is 0.0261. The number of carbonyl (C=O) groups excluding carboxylic acids is 1. The Balaban J connectivity index is 2.67. The number of nitrogens with zero attached hydrogens (tertiary/aromatic N) is 1. The van der Waals surface area contributed by atoms with Gasteiger partial charge in [-0.15, -0.1) is 0 Å². The predicted molar refractivity (Wildman–Crippen MR) is 73.6 cm³/mol. The minimum absolute atomic E-state index is 0.0261. The molecule has 3 nitrogen and oxygen atoms in total. The number of likely N-dealkylation sites (N-methyl/N-ethyl adjacent to an activating group) is 1. The molecule has 0 fully saturated rings. The molecule has 3 heteroatoms. The largest absolute Gasteiger partial charge is 0.395 e. The lowest BCUT2D eigenvalue weighted by molar-refractivity contribution is -0.131. The average molecular weight is 249 g/mol. The van der Waals surface area contributed by atoms with Gasteiger partial charge in [-0.2, -0.15) is 0 Å². The Morgan fingerprint density at radius 2 is 2.06 bits per heavy atom. The molecule has 1 atom stereocenters. The first kappa shape index (κ1) is 14.7. The van der Waals surface area contributed by atoms with E-state index in [2.05, 4.69) is 26.0 Å². The molecule has 0 spiro atoms. The van der Waals surface area contributed by atoms with Crippen molar-refractivity contribution in [2.75, 3.05) is 19.7 Å². The van der Waals surface area contributed by atoms with Crippen LogP contribution in [0.5, 0.6) is 0 Å². The van der Waals surface area contributed by atoms with Gasteiger partial charge in [-0.05, 0) is 30.9 Å². The summed E-state index contributed by atoms with van der Waals surface area (Å²) in [5.41, 5.74) is 2.45. The van der Waals surface area contributed by atoms with E-state index < -0.39 is 0 Å². The summed E-state index contributed by atoms with van der Waals surface area (Å²) in [6, 6.07) is 8.17. The molecule has 100 valence electrons. The topological polar surface area (TPSA) is 40.5 Å². The lowest BCUT2D eigenvalue weighted by Crippen LogP contribution is -2.34. The van der Waals surface area contributed by atoms with Crippen molar-refractivity contribution in [1.82, 2.24) is 4.90 Å². The van der Waals surface area contributed by atoms with Gasteiger partial charge in [-0.1, -0.05) is 31.2 Å². The van der Waals surface area contributed by atoms with Gasteiger partial charge in [-0.25, -0.2) is 0 Å². The summed E-state index contributed by atoms with van der Waals surface area (Å²) >= 11 is 0. The highest BCUT2D eigenvalue weighted by Gasteiger charge is 2.17. The predicted octanol–water partition coefficient (Wildman–Crippen LogP) is 2.33. The van der Waals surface area contributed by atoms with Crippen molar-refractivity contribution in [3.63, 3.8) is 0 Å². The van der Waals surface area contributed by atoms with Crippen molar-refractivity contribution in [1.29, 1.82) is 0 Å². The summed E-state index contributed by atoms with van der Waals surface area (Å²) in [6.07, 6.45) is 0.499. The molecule has 0 aliphatic heterocycles. The number of hydrogen-bond donors (Lipinski definition) is 1. The van der Waals surface area contributed by atoms with E-state index in [1.807, 2.05) is 19.1 Å². The van der Waals surface area contributed by atoms with Gasteiger partial charge in [0.1, 0.15) is 0 Å². The molecule has 1 aromatic rings. The van der Waals surface area contributed by atoms with E-state index >= 15 is 0 Å². The maximum absolute atomic E-state index is 12.1. The van der Waals surface area contributed by atoms with Crippen molar-refractivity contribution in [2.24, 2.45) is 0 Å². The van der Waals surface area contributed by atoms with Gasteiger partial charge in [0, 0.05) is 19.5 Å². The number of carbonyl (C=O) groups is 1. The van der Waals surface area contributed by atoms with Gasteiger partial charge in [-0.3, -0.25) is 4.79 Å². The van der Waals surface area contributed by atoms with Crippen LogP contribution in [0.25, 0.3) is 0 Å². The Labute approximate surface area is 109 Å². The fraction of sp³-hybridized carbons (Fsp3) is 0.533. The van der Waals surface area contributed by atoms with E-state index in [1.165, 1.54) is 11.1 Å². The Morgan fingerprint density at radius 3 is 2.61 bits per heavy atom.